The second-order valence-electron chi connectivity index (χ2n) is 5.37. The standard InChI is InChI=1S/C13H21N5OS/c1-8-11(12(15)20)13(17(2)16-8)18-5-3-9(4-6-18)7-10(14)19/h9H,3-7H2,1-2H3,(H2,14,19)(H2,15,20). The molecule has 0 spiro atoms. The highest BCUT2D eigenvalue weighted by Crippen LogP contribution is 2.28. The van der Waals surface area contributed by atoms with Crippen molar-refractivity contribution in [1.82, 2.24) is 9.78 Å². The third-order valence-corrected chi connectivity index (χ3v) is 4.05. The minimum absolute atomic E-state index is 0.219. The molecule has 0 aliphatic carbocycles. The Balaban J connectivity index is 2.15. The summed E-state index contributed by atoms with van der Waals surface area (Å²) in [6.07, 6.45) is 2.37. The predicted molar refractivity (Wildman–Crippen MR) is 82.6 cm³/mol. The molecule has 2 rings (SSSR count). The van der Waals surface area contributed by atoms with Gasteiger partial charge in [0.05, 0.1) is 11.3 Å². The normalized spacial score (nSPS) is 16.4. The molecule has 1 saturated heterocycles. The van der Waals surface area contributed by atoms with E-state index in [0.717, 1.165) is 43.0 Å². The first-order valence-electron chi connectivity index (χ1n) is 6.76. The fraction of sp³-hybridized carbons (Fsp3) is 0.615. The van der Waals surface area contributed by atoms with Crippen molar-refractivity contribution in [3.8, 4) is 0 Å². The number of primary amides is 1. The zero-order valence-electron chi connectivity index (χ0n) is 11.9. The third-order valence-electron chi connectivity index (χ3n) is 3.84. The van der Waals surface area contributed by atoms with Crippen LogP contribution in [-0.2, 0) is 11.8 Å². The lowest BCUT2D eigenvalue weighted by atomic mass is 9.93. The predicted octanol–water partition coefficient (Wildman–Crippen LogP) is 0.455. The zero-order valence-corrected chi connectivity index (χ0v) is 12.7. The van der Waals surface area contributed by atoms with Crippen LogP contribution < -0.4 is 16.4 Å². The van der Waals surface area contributed by atoms with Gasteiger partial charge in [0.15, 0.2) is 0 Å². The molecule has 6 nitrogen and oxygen atoms in total. The summed E-state index contributed by atoms with van der Waals surface area (Å²) in [6.45, 7) is 3.65. The van der Waals surface area contributed by atoms with Gasteiger partial charge in [0.1, 0.15) is 10.8 Å². The summed E-state index contributed by atoms with van der Waals surface area (Å²) >= 11 is 5.14. The minimum Gasteiger partial charge on any atom is -0.389 e. The van der Waals surface area contributed by atoms with E-state index in [1.54, 1.807) is 0 Å². The molecule has 4 N–H and O–H groups in total. The Labute approximate surface area is 124 Å². The molecule has 0 aromatic carbocycles. The van der Waals surface area contributed by atoms with Crippen LogP contribution in [0.1, 0.15) is 30.5 Å². The van der Waals surface area contributed by atoms with E-state index in [9.17, 15) is 4.79 Å². The Morgan fingerprint density at radius 3 is 2.50 bits per heavy atom. The number of anilines is 1. The van der Waals surface area contributed by atoms with Gasteiger partial charge in [-0.1, -0.05) is 12.2 Å². The van der Waals surface area contributed by atoms with Crippen LogP contribution in [0.3, 0.4) is 0 Å². The van der Waals surface area contributed by atoms with Crippen molar-refractivity contribution in [2.24, 2.45) is 24.4 Å². The molecule has 1 aliphatic rings. The number of hydrogen-bond acceptors (Lipinski definition) is 4. The van der Waals surface area contributed by atoms with Crippen LogP contribution in [0.15, 0.2) is 0 Å². The number of thiocarbonyl (C=S) groups is 1. The summed E-state index contributed by atoms with van der Waals surface area (Å²) in [4.78, 5) is 13.6. The first-order chi connectivity index (χ1) is 9.40. The van der Waals surface area contributed by atoms with E-state index in [-0.39, 0.29) is 5.91 Å². The lowest BCUT2D eigenvalue weighted by Gasteiger charge is -2.33. The zero-order chi connectivity index (χ0) is 14.9. The summed E-state index contributed by atoms with van der Waals surface area (Å²) in [5.41, 5.74) is 12.8. The van der Waals surface area contributed by atoms with Gasteiger partial charge in [-0.2, -0.15) is 5.10 Å². The number of aryl methyl sites for hydroxylation is 2. The molecule has 1 fully saturated rings. The monoisotopic (exact) mass is 295 g/mol. The second-order valence-corrected chi connectivity index (χ2v) is 5.81. The first kappa shape index (κ1) is 14.8. The van der Waals surface area contributed by atoms with Gasteiger partial charge < -0.3 is 16.4 Å². The van der Waals surface area contributed by atoms with Crippen molar-refractivity contribution in [2.45, 2.75) is 26.2 Å². The van der Waals surface area contributed by atoms with Gasteiger partial charge in [-0.25, -0.2) is 0 Å². The SMILES string of the molecule is Cc1nn(C)c(N2CCC(CC(N)=O)CC2)c1C(N)=S. The maximum absolute atomic E-state index is 11.0. The van der Waals surface area contributed by atoms with Crippen molar-refractivity contribution in [3.63, 3.8) is 0 Å². The molecule has 7 heteroatoms. The number of hydrogen-bond donors (Lipinski definition) is 2. The van der Waals surface area contributed by atoms with Crippen LogP contribution in [0, 0.1) is 12.8 Å². The highest BCUT2D eigenvalue weighted by Gasteiger charge is 2.26. The molecule has 0 unspecified atom stereocenters. The molecular formula is C13H21N5OS. The highest BCUT2D eigenvalue weighted by atomic mass is 32.1. The van der Waals surface area contributed by atoms with E-state index in [2.05, 4.69) is 10.00 Å². The van der Waals surface area contributed by atoms with Crippen molar-refractivity contribution >= 4 is 28.9 Å². The van der Waals surface area contributed by atoms with Crippen molar-refractivity contribution < 1.29 is 4.79 Å². The van der Waals surface area contributed by atoms with Gasteiger partial charge in [-0.3, -0.25) is 9.48 Å². The Kier molecular flexibility index (Phi) is 4.27. The van der Waals surface area contributed by atoms with Crippen LogP contribution in [0.2, 0.25) is 0 Å². The molecule has 0 radical (unpaired) electrons. The number of carbonyl (C=O) groups excluding carboxylic acids is 1. The molecular weight excluding hydrogens is 274 g/mol. The largest absolute Gasteiger partial charge is 0.389 e. The van der Waals surface area contributed by atoms with E-state index in [1.807, 2.05) is 18.7 Å². The molecule has 2 heterocycles. The van der Waals surface area contributed by atoms with Gasteiger partial charge in [0.25, 0.3) is 0 Å². The van der Waals surface area contributed by atoms with Crippen molar-refractivity contribution in [1.29, 1.82) is 0 Å². The fourth-order valence-electron chi connectivity index (χ4n) is 2.93. The van der Waals surface area contributed by atoms with Gasteiger partial charge >= 0.3 is 0 Å². The number of aromatic nitrogens is 2. The van der Waals surface area contributed by atoms with Crippen LogP contribution in [-0.4, -0.2) is 33.8 Å². The molecule has 1 aromatic rings. The summed E-state index contributed by atoms with van der Waals surface area (Å²) < 4.78 is 1.83. The molecule has 1 amide bonds. The summed E-state index contributed by atoms with van der Waals surface area (Å²) in [7, 11) is 1.90. The lowest BCUT2D eigenvalue weighted by Crippen LogP contribution is -2.37. The van der Waals surface area contributed by atoms with E-state index in [4.69, 9.17) is 23.7 Å². The average Bonchev–Trinajstić information content (AvgIpc) is 2.64. The van der Waals surface area contributed by atoms with E-state index >= 15 is 0 Å². The minimum atomic E-state index is -0.219. The van der Waals surface area contributed by atoms with Gasteiger partial charge in [-0.05, 0) is 25.7 Å². The topological polar surface area (TPSA) is 90.2 Å². The molecule has 1 aromatic heterocycles. The quantitative estimate of drug-likeness (QED) is 0.787. The summed E-state index contributed by atoms with van der Waals surface area (Å²) in [5, 5.41) is 4.41. The van der Waals surface area contributed by atoms with Crippen LogP contribution in [0.5, 0.6) is 0 Å². The highest BCUT2D eigenvalue weighted by molar-refractivity contribution is 7.80. The molecule has 1 aliphatic heterocycles. The lowest BCUT2D eigenvalue weighted by molar-refractivity contribution is -0.119. The maximum Gasteiger partial charge on any atom is 0.217 e. The number of rotatable bonds is 4. The molecule has 20 heavy (non-hydrogen) atoms. The van der Waals surface area contributed by atoms with Crippen LogP contribution in [0.4, 0.5) is 5.82 Å². The molecule has 0 bridgehead atoms. The Morgan fingerprint density at radius 2 is 2.00 bits per heavy atom. The number of carbonyl (C=O) groups is 1. The average molecular weight is 295 g/mol. The summed E-state index contributed by atoms with van der Waals surface area (Å²) in [5.74, 6) is 1.14. The van der Waals surface area contributed by atoms with E-state index < -0.39 is 0 Å². The molecule has 0 saturated carbocycles. The van der Waals surface area contributed by atoms with Crippen molar-refractivity contribution in [3.05, 3.63) is 11.3 Å². The van der Waals surface area contributed by atoms with Gasteiger partial charge in [-0.15, -0.1) is 0 Å². The number of amides is 1. The smallest absolute Gasteiger partial charge is 0.217 e. The van der Waals surface area contributed by atoms with E-state index in [0.29, 0.717) is 17.3 Å². The van der Waals surface area contributed by atoms with Crippen LogP contribution in [0.25, 0.3) is 0 Å². The summed E-state index contributed by atoms with van der Waals surface area (Å²) in [6, 6.07) is 0. The Bertz CT molecular complexity index is 531. The second kappa shape index (κ2) is 5.78. The van der Waals surface area contributed by atoms with Gasteiger partial charge in [0, 0.05) is 26.6 Å². The van der Waals surface area contributed by atoms with Crippen molar-refractivity contribution in [2.75, 3.05) is 18.0 Å². The first-order valence-corrected chi connectivity index (χ1v) is 7.17. The maximum atomic E-state index is 11.0. The van der Waals surface area contributed by atoms with Crippen LogP contribution >= 0.6 is 12.2 Å². The van der Waals surface area contributed by atoms with Gasteiger partial charge in [0.2, 0.25) is 5.91 Å². The Hall–Kier alpha value is -1.63. The number of nitrogens with zero attached hydrogens (tertiary/aromatic N) is 3. The molecule has 110 valence electrons. The fourth-order valence-corrected chi connectivity index (χ4v) is 3.17. The number of nitrogens with two attached hydrogens (primary N) is 2. The third kappa shape index (κ3) is 2.92. The Morgan fingerprint density at radius 1 is 1.40 bits per heavy atom. The van der Waals surface area contributed by atoms with E-state index in [1.165, 1.54) is 0 Å². The molecule has 0 atom stereocenters. The number of piperidine rings is 1.